The Morgan fingerprint density at radius 1 is 1.22 bits per heavy atom. The summed E-state index contributed by atoms with van der Waals surface area (Å²) < 4.78 is 0. The van der Waals surface area contributed by atoms with E-state index in [9.17, 15) is 4.79 Å². The lowest BCUT2D eigenvalue weighted by Crippen LogP contribution is -2.38. The molecule has 102 valence electrons. The summed E-state index contributed by atoms with van der Waals surface area (Å²) in [6.07, 6.45) is 6.83. The van der Waals surface area contributed by atoms with Crippen molar-refractivity contribution in [3.63, 3.8) is 0 Å². The highest BCUT2D eigenvalue weighted by Gasteiger charge is 2.38. The molecule has 1 saturated heterocycles. The van der Waals surface area contributed by atoms with Crippen LogP contribution in [0.25, 0.3) is 0 Å². The first-order valence-electron chi connectivity index (χ1n) is 7.49. The van der Waals surface area contributed by atoms with Crippen LogP contribution in [0.1, 0.15) is 38.5 Å². The fraction of sp³-hybridized carbons (Fsp3) is 0.929. The number of fused-ring (bicyclic) bond motifs is 1. The first kappa shape index (κ1) is 12.4. The summed E-state index contributed by atoms with van der Waals surface area (Å²) in [5, 5.41) is 3.06. The number of hydrogen-bond donors (Lipinski definition) is 2. The van der Waals surface area contributed by atoms with Gasteiger partial charge in [0.1, 0.15) is 0 Å². The molecule has 3 aliphatic rings. The zero-order valence-corrected chi connectivity index (χ0v) is 11.1. The van der Waals surface area contributed by atoms with Gasteiger partial charge in [0.2, 0.25) is 5.91 Å². The van der Waals surface area contributed by atoms with Crippen molar-refractivity contribution in [1.82, 2.24) is 10.2 Å². The average Bonchev–Trinajstić information content (AvgIpc) is 3.04. The predicted octanol–water partition coefficient (Wildman–Crippen LogP) is 0.714. The third-order valence-corrected chi connectivity index (χ3v) is 4.83. The van der Waals surface area contributed by atoms with E-state index in [0.29, 0.717) is 24.4 Å². The third-order valence-electron chi connectivity index (χ3n) is 4.83. The van der Waals surface area contributed by atoms with E-state index in [1.165, 1.54) is 32.1 Å². The Morgan fingerprint density at radius 3 is 2.78 bits per heavy atom. The van der Waals surface area contributed by atoms with Crippen molar-refractivity contribution >= 4 is 5.91 Å². The van der Waals surface area contributed by atoms with Crippen LogP contribution in [0.4, 0.5) is 0 Å². The second-order valence-electron chi connectivity index (χ2n) is 6.37. The molecular formula is C14H25N3O. The highest BCUT2D eigenvalue weighted by atomic mass is 16.1. The molecule has 2 saturated carbocycles. The van der Waals surface area contributed by atoms with Gasteiger partial charge in [-0.25, -0.2) is 0 Å². The van der Waals surface area contributed by atoms with Crippen molar-refractivity contribution in [2.24, 2.45) is 17.6 Å². The smallest absolute Gasteiger partial charge is 0.221 e. The molecule has 1 heterocycles. The van der Waals surface area contributed by atoms with Crippen LogP contribution in [0.2, 0.25) is 0 Å². The minimum absolute atomic E-state index is 0.233. The zero-order valence-electron chi connectivity index (χ0n) is 11.1. The molecular weight excluding hydrogens is 226 g/mol. The fourth-order valence-corrected chi connectivity index (χ4v) is 3.58. The topological polar surface area (TPSA) is 58.4 Å². The molecule has 0 aromatic carbocycles. The maximum absolute atomic E-state index is 11.7. The van der Waals surface area contributed by atoms with Crippen LogP contribution in [0.5, 0.6) is 0 Å². The largest absolute Gasteiger partial charge is 0.353 e. The number of hydrogen-bond acceptors (Lipinski definition) is 3. The molecule has 1 amide bonds. The lowest BCUT2D eigenvalue weighted by Gasteiger charge is -2.29. The van der Waals surface area contributed by atoms with Crippen LogP contribution in [-0.2, 0) is 4.79 Å². The molecule has 0 radical (unpaired) electrons. The van der Waals surface area contributed by atoms with E-state index in [1.807, 2.05) is 0 Å². The Bertz CT molecular complexity index is 316. The molecule has 0 bridgehead atoms. The van der Waals surface area contributed by atoms with Gasteiger partial charge in [-0.15, -0.1) is 0 Å². The van der Waals surface area contributed by atoms with Gasteiger partial charge in [0.05, 0.1) is 0 Å². The number of likely N-dealkylation sites (tertiary alicyclic amines) is 1. The summed E-state index contributed by atoms with van der Waals surface area (Å²) >= 11 is 0. The van der Waals surface area contributed by atoms with E-state index in [1.54, 1.807) is 0 Å². The van der Waals surface area contributed by atoms with Crippen LogP contribution in [0.3, 0.4) is 0 Å². The number of nitrogens with zero attached hydrogens (tertiary/aromatic N) is 1. The number of carbonyl (C=O) groups is 1. The fourth-order valence-electron chi connectivity index (χ4n) is 3.58. The summed E-state index contributed by atoms with van der Waals surface area (Å²) in [6.45, 7) is 3.19. The quantitative estimate of drug-likeness (QED) is 0.774. The SMILES string of the molecule is NC1CCCC2CN(CCC(=O)NC3CC3)CC12. The monoisotopic (exact) mass is 251 g/mol. The molecule has 4 heteroatoms. The molecule has 3 fully saturated rings. The minimum Gasteiger partial charge on any atom is -0.353 e. The second-order valence-corrected chi connectivity index (χ2v) is 6.37. The normalized spacial score (nSPS) is 36.4. The van der Waals surface area contributed by atoms with Crippen LogP contribution in [-0.4, -0.2) is 42.5 Å². The van der Waals surface area contributed by atoms with Gasteiger partial charge in [0.15, 0.2) is 0 Å². The van der Waals surface area contributed by atoms with E-state index < -0.39 is 0 Å². The molecule has 0 aromatic rings. The lowest BCUT2D eigenvalue weighted by atomic mass is 9.78. The number of carbonyl (C=O) groups excluding carboxylic acids is 1. The van der Waals surface area contributed by atoms with Gasteiger partial charge in [-0.3, -0.25) is 4.79 Å². The molecule has 3 rings (SSSR count). The summed E-state index contributed by atoms with van der Waals surface area (Å²) in [4.78, 5) is 14.1. The number of amides is 1. The number of nitrogens with one attached hydrogen (secondary N) is 1. The molecule has 3 atom stereocenters. The van der Waals surface area contributed by atoms with E-state index in [-0.39, 0.29) is 5.91 Å². The average molecular weight is 251 g/mol. The molecule has 1 aliphatic heterocycles. The van der Waals surface area contributed by atoms with Crippen LogP contribution in [0, 0.1) is 11.8 Å². The van der Waals surface area contributed by atoms with Crippen LogP contribution in [0.15, 0.2) is 0 Å². The Morgan fingerprint density at radius 2 is 2.06 bits per heavy atom. The van der Waals surface area contributed by atoms with Crippen molar-refractivity contribution in [1.29, 1.82) is 0 Å². The van der Waals surface area contributed by atoms with Crippen molar-refractivity contribution in [2.45, 2.75) is 50.6 Å². The van der Waals surface area contributed by atoms with Gasteiger partial charge in [0.25, 0.3) is 0 Å². The Balaban J connectivity index is 1.42. The molecule has 3 unspecified atom stereocenters. The third kappa shape index (κ3) is 2.86. The van der Waals surface area contributed by atoms with Gasteiger partial charge in [0, 0.05) is 38.1 Å². The lowest BCUT2D eigenvalue weighted by molar-refractivity contribution is -0.121. The summed E-state index contributed by atoms with van der Waals surface area (Å²) in [5.74, 6) is 1.71. The molecule has 3 N–H and O–H groups in total. The van der Waals surface area contributed by atoms with Crippen molar-refractivity contribution in [3.8, 4) is 0 Å². The molecule has 4 nitrogen and oxygen atoms in total. The predicted molar refractivity (Wildman–Crippen MR) is 71.0 cm³/mol. The maximum atomic E-state index is 11.7. The summed E-state index contributed by atoms with van der Waals surface area (Å²) in [7, 11) is 0. The molecule has 0 aromatic heterocycles. The second kappa shape index (κ2) is 5.17. The van der Waals surface area contributed by atoms with Gasteiger partial charge in [-0.05, 0) is 37.5 Å². The van der Waals surface area contributed by atoms with E-state index >= 15 is 0 Å². The first-order chi connectivity index (χ1) is 8.72. The standard InChI is InChI=1S/C14H25N3O/c15-13-3-1-2-10-8-17(9-12(10)13)7-6-14(18)16-11-4-5-11/h10-13H,1-9,15H2,(H,16,18). The van der Waals surface area contributed by atoms with Gasteiger partial charge >= 0.3 is 0 Å². The Kier molecular flexibility index (Phi) is 3.57. The van der Waals surface area contributed by atoms with Gasteiger partial charge in [-0.1, -0.05) is 6.42 Å². The summed E-state index contributed by atoms with van der Waals surface area (Å²) in [6, 6.07) is 0.890. The van der Waals surface area contributed by atoms with Gasteiger partial charge < -0.3 is 16.0 Å². The minimum atomic E-state index is 0.233. The Hall–Kier alpha value is -0.610. The number of rotatable bonds is 4. The summed E-state index contributed by atoms with van der Waals surface area (Å²) in [5.41, 5.74) is 6.21. The van der Waals surface area contributed by atoms with Crippen molar-refractivity contribution in [3.05, 3.63) is 0 Å². The van der Waals surface area contributed by atoms with Crippen molar-refractivity contribution in [2.75, 3.05) is 19.6 Å². The maximum Gasteiger partial charge on any atom is 0.221 e. The zero-order chi connectivity index (χ0) is 12.5. The molecule has 18 heavy (non-hydrogen) atoms. The van der Waals surface area contributed by atoms with Crippen molar-refractivity contribution < 1.29 is 4.79 Å². The number of nitrogens with two attached hydrogens (primary N) is 1. The molecule has 2 aliphatic carbocycles. The van der Waals surface area contributed by atoms with E-state index in [0.717, 1.165) is 25.6 Å². The van der Waals surface area contributed by atoms with Crippen LogP contribution < -0.4 is 11.1 Å². The highest BCUT2D eigenvalue weighted by molar-refractivity contribution is 5.76. The van der Waals surface area contributed by atoms with E-state index in [4.69, 9.17) is 5.73 Å². The molecule has 0 spiro atoms. The van der Waals surface area contributed by atoms with Gasteiger partial charge in [-0.2, -0.15) is 0 Å². The van der Waals surface area contributed by atoms with E-state index in [2.05, 4.69) is 10.2 Å². The Labute approximate surface area is 109 Å². The van der Waals surface area contributed by atoms with Crippen LogP contribution >= 0.6 is 0 Å². The first-order valence-corrected chi connectivity index (χ1v) is 7.49. The highest BCUT2D eigenvalue weighted by Crippen LogP contribution is 2.35.